The smallest absolute Gasteiger partial charge is 0.269 e. The van der Waals surface area contributed by atoms with E-state index in [0.29, 0.717) is 13.1 Å². The number of nitro benzene ring substituents is 1. The molecule has 6 nitrogen and oxygen atoms in total. The standard InChI is InChI=1S/C23H21N3O3/c1-18-5-2-3-7-21(18)17-25(16-20-6-4-14-24-15-20)23(27)13-10-19-8-11-22(12-9-19)26(28)29/h2-15H,16-17H2,1H3. The maximum atomic E-state index is 12.9. The minimum Gasteiger partial charge on any atom is -0.330 e. The highest BCUT2D eigenvalue weighted by molar-refractivity contribution is 5.91. The zero-order valence-electron chi connectivity index (χ0n) is 16.1. The molecule has 0 saturated heterocycles. The van der Waals surface area contributed by atoms with Gasteiger partial charge in [0.05, 0.1) is 4.92 Å². The summed E-state index contributed by atoms with van der Waals surface area (Å²) in [6.07, 6.45) is 6.61. The van der Waals surface area contributed by atoms with Crippen molar-refractivity contribution in [2.45, 2.75) is 20.0 Å². The Morgan fingerprint density at radius 1 is 1.07 bits per heavy atom. The van der Waals surface area contributed by atoms with Crippen LogP contribution >= 0.6 is 0 Å². The predicted octanol–water partition coefficient (Wildman–Crippen LogP) is 4.54. The second-order valence-corrected chi connectivity index (χ2v) is 6.66. The van der Waals surface area contributed by atoms with Gasteiger partial charge in [-0.05, 0) is 53.5 Å². The van der Waals surface area contributed by atoms with Gasteiger partial charge in [0.1, 0.15) is 0 Å². The van der Waals surface area contributed by atoms with Gasteiger partial charge in [-0.15, -0.1) is 0 Å². The number of amides is 1. The van der Waals surface area contributed by atoms with Crippen molar-refractivity contribution in [2.75, 3.05) is 0 Å². The van der Waals surface area contributed by atoms with Crippen molar-refractivity contribution in [2.24, 2.45) is 0 Å². The molecule has 0 aliphatic carbocycles. The summed E-state index contributed by atoms with van der Waals surface area (Å²) in [5, 5.41) is 10.8. The Bertz CT molecular complexity index is 1020. The summed E-state index contributed by atoms with van der Waals surface area (Å²) >= 11 is 0. The molecule has 0 aliphatic heterocycles. The molecule has 1 aromatic heterocycles. The molecular weight excluding hydrogens is 366 g/mol. The molecule has 0 unspecified atom stereocenters. The maximum Gasteiger partial charge on any atom is 0.269 e. The van der Waals surface area contributed by atoms with E-state index in [4.69, 9.17) is 0 Å². The van der Waals surface area contributed by atoms with E-state index in [-0.39, 0.29) is 11.6 Å². The van der Waals surface area contributed by atoms with Gasteiger partial charge in [-0.3, -0.25) is 19.9 Å². The maximum absolute atomic E-state index is 12.9. The number of non-ortho nitro benzene ring substituents is 1. The minimum absolute atomic E-state index is 0.0197. The summed E-state index contributed by atoms with van der Waals surface area (Å²) in [5.74, 6) is -0.143. The van der Waals surface area contributed by atoms with Crippen molar-refractivity contribution in [3.63, 3.8) is 0 Å². The van der Waals surface area contributed by atoms with Crippen molar-refractivity contribution in [3.05, 3.63) is 112 Å². The molecule has 1 heterocycles. The number of carbonyl (C=O) groups excluding carboxylic acids is 1. The number of pyridine rings is 1. The number of aryl methyl sites for hydroxylation is 1. The third kappa shape index (κ3) is 5.59. The predicted molar refractivity (Wildman–Crippen MR) is 112 cm³/mol. The van der Waals surface area contributed by atoms with Crippen LogP contribution < -0.4 is 0 Å². The highest BCUT2D eigenvalue weighted by Gasteiger charge is 2.13. The summed E-state index contributed by atoms with van der Waals surface area (Å²) in [7, 11) is 0. The molecule has 2 aromatic carbocycles. The van der Waals surface area contributed by atoms with Crippen LogP contribution in [0.1, 0.15) is 22.3 Å². The van der Waals surface area contributed by atoms with Crippen LogP contribution in [-0.4, -0.2) is 20.7 Å². The second-order valence-electron chi connectivity index (χ2n) is 6.66. The summed E-state index contributed by atoms with van der Waals surface area (Å²) in [5.41, 5.74) is 3.88. The average Bonchev–Trinajstić information content (AvgIpc) is 2.74. The van der Waals surface area contributed by atoms with E-state index in [2.05, 4.69) is 4.98 Å². The first-order chi connectivity index (χ1) is 14.0. The van der Waals surface area contributed by atoms with Crippen LogP contribution in [0.5, 0.6) is 0 Å². The summed E-state index contributed by atoms with van der Waals surface area (Å²) in [6, 6.07) is 17.8. The fourth-order valence-corrected chi connectivity index (χ4v) is 2.90. The molecule has 0 fully saturated rings. The highest BCUT2D eigenvalue weighted by Crippen LogP contribution is 2.16. The van der Waals surface area contributed by atoms with Gasteiger partial charge in [0.25, 0.3) is 5.69 Å². The molecule has 0 spiro atoms. The Morgan fingerprint density at radius 3 is 2.48 bits per heavy atom. The Kier molecular flexibility index (Phi) is 6.47. The van der Waals surface area contributed by atoms with Gasteiger partial charge in [0.15, 0.2) is 0 Å². The van der Waals surface area contributed by atoms with Crippen LogP contribution in [0.3, 0.4) is 0 Å². The van der Waals surface area contributed by atoms with Crippen LogP contribution in [0.15, 0.2) is 79.1 Å². The minimum atomic E-state index is -0.448. The molecule has 29 heavy (non-hydrogen) atoms. The van der Waals surface area contributed by atoms with Crippen molar-refractivity contribution >= 4 is 17.7 Å². The van der Waals surface area contributed by atoms with Crippen LogP contribution in [-0.2, 0) is 17.9 Å². The second kappa shape index (κ2) is 9.41. The van der Waals surface area contributed by atoms with E-state index in [0.717, 1.165) is 22.3 Å². The number of carbonyl (C=O) groups is 1. The van der Waals surface area contributed by atoms with Gasteiger partial charge >= 0.3 is 0 Å². The highest BCUT2D eigenvalue weighted by atomic mass is 16.6. The van der Waals surface area contributed by atoms with Gasteiger partial charge in [-0.1, -0.05) is 30.3 Å². The molecule has 0 aliphatic rings. The number of hydrogen-bond acceptors (Lipinski definition) is 4. The Hall–Kier alpha value is -3.80. The molecule has 3 aromatic rings. The van der Waals surface area contributed by atoms with Gasteiger partial charge in [0.2, 0.25) is 5.91 Å². The topological polar surface area (TPSA) is 76.3 Å². The summed E-state index contributed by atoms with van der Waals surface area (Å²) in [6.45, 7) is 2.94. The lowest BCUT2D eigenvalue weighted by molar-refractivity contribution is -0.384. The average molecular weight is 387 g/mol. The number of nitrogens with zero attached hydrogens (tertiary/aromatic N) is 3. The van der Waals surface area contributed by atoms with Gasteiger partial charge < -0.3 is 4.90 Å². The van der Waals surface area contributed by atoms with Crippen LogP contribution in [0.25, 0.3) is 6.08 Å². The SMILES string of the molecule is Cc1ccccc1CN(Cc1cccnc1)C(=O)C=Cc1ccc([N+](=O)[O-])cc1. The first-order valence-corrected chi connectivity index (χ1v) is 9.18. The number of aromatic nitrogens is 1. The number of benzene rings is 2. The van der Waals surface area contributed by atoms with Crippen LogP contribution in [0.4, 0.5) is 5.69 Å². The fourth-order valence-electron chi connectivity index (χ4n) is 2.90. The molecule has 0 bridgehead atoms. The zero-order chi connectivity index (χ0) is 20.6. The summed E-state index contributed by atoms with van der Waals surface area (Å²) < 4.78 is 0. The van der Waals surface area contributed by atoms with Gasteiger partial charge in [0, 0.05) is 43.7 Å². The van der Waals surface area contributed by atoms with E-state index >= 15 is 0 Å². The van der Waals surface area contributed by atoms with E-state index in [1.807, 2.05) is 43.3 Å². The third-order valence-corrected chi connectivity index (χ3v) is 4.55. The van der Waals surface area contributed by atoms with Crippen molar-refractivity contribution in [1.29, 1.82) is 0 Å². The van der Waals surface area contributed by atoms with Crippen LogP contribution in [0.2, 0.25) is 0 Å². The molecule has 0 atom stereocenters. The lowest BCUT2D eigenvalue weighted by Gasteiger charge is -2.22. The van der Waals surface area contributed by atoms with E-state index in [1.165, 1.54) is 18.2 Å². The molecule has 0 N–H and O–H groups in total. The van der Waals surface area contributed by atoms with Crippen molar-refractivity contribution < 1.29 is 9.72 Å². The zero-order valence-corrected chi connectivity index (χ0v) is 16.1. The van der Waals surface area contributed by atoms with Crippen LogP contribution in [0, 0.1) is 17.0 Å². The Balaban J connectivity index is 1.79. The Labute approximate surface area is 169 Å². The van der Waals surface area contributed by atoms with E-state index in [9.17, 15) is 14.9 Å². The quantitative estimate of drug-likeness (QED) is 0.339. The van der Waals surface area contributed by atoms with Gasteiger partial charge in [-0.2, -0.15) is 0 Å². The molecule has 146 valence electrons. The van der Waals surface area contributed by atoms with Crippen molar-refractivity contribution in [1.82, 2.24) is 9.88 Å². The molecule has 0 radical (unpaired) electrons. The fraction of sp³-hybridized carbons (Fsp3) is 0.130. The Morgan fingerprint density at radius 2 is 1.83 bits per heavy atom. The van der Waals surface area contributed by atoms with Crippen molar-refractivity contribution in [3.8, 4) is 0 Å². The monoisotopic (exact) mass is 387 g/mol. The number of nitro groups is 1. The molecule has 3 rings (SSSR count). The normalized spacial score (nSPS) is 10.8. The first-order valence-electron chi connectivity index (χ1n) is 9.18. The molecular formula is C23H21N3O3. The number of rotatable bonds is 7. The lowest BCUT2D eigenvalue weighted by Crippen LogP contribution is -2.28. The summed E-state index contributed by atoms with van der Waals surface area (Å²) in [4.78, 5) is 29.1. The van der Waals surface area contributed by atoms with E-state index < -0.39 is 4.92 Å². The molecule has 6 heteroatoms. The van der Waals surface area contributed by atoms with E-state index in [1.54, 1.807) is 35.5 Å². The third-order valence-electron chi connectivity index (χ3n) is 4.55. The number of hydrogen-bond donors (Lipinski definition) is 0. The first kappa shape index (κ1) is 19.9. The lowest BCUT2D eigenvalue weighted by atomic mass is 10.1. The largest absolute Gasteiger partial charge is 0.330 e. The molecule has 1 amide bonds. The van der Waals surface area contributed by atoms with Gasteiger partial charge in [-0.25, -0.2) is 0 Å². The molecule has 0 saturated carbocycles.